The summed E-state index contributed by atoms with van der Waals surface area (Å²) < 4.78 is 5.42. The highest BCUT2D eigenvalue weighted by molar-refractivity contribution is 5.66. The lowest BCUT2D eigenvalue weighted by Crippen LogP contribution is -2.50. The zero-order valence-corrected chi connectivity index (χ0v) is 12.8. The molecule has 112 valence electrons. The van der Waals surface area contributed by atoms with E-state index in [2.05, 4.69) is 0 Å². The third kappa shape index (κ3) is 2.19. The Morgan fingerprint density at radius 3 is 1.85 bits per heavy atom. The van der Waals surface area contributed by atoms with Crippen LogP contribution >= 0.6 is 0 Å². The Labute approximate surface area is 122 Å². The predicted octanol–water partition coefficient (Wildman–Crippen LogP) is 4.32. The molecule has 5 aliphatic carbocycles. The van der Waals surface area contributed by atoms with Crippen molar-refractivity contribution in [1.82, 2.24) is 0 Å². The van der Waals surface area contributed by atoms with Gasteiger partial charge in [0, 0.05) is 6.92 Å². The first-order valence-corrected chi connectivity index (χ1v) is 8.80. The van der Waals surface area contributed by atoms with Crippen LogP contribution in [0.15, 0.2) is 0 Å². The lowest BCUT2D eigenvalue weighted by molar-refractivity contribution is -0.150. The van der Waals surface area contributed by atoms with Crippen molar-refractivity contribution in [3.63, 3.8) is 0 Å². The predicted molar refractivity (Wildman–Crippen MR) is 78.1 cm³/mol. The summed E-state index contributed by atoms with van der Waals surface area (Å²) in [6, 6.07) is 0. The first-order valence-electron chi connectivity index (χ1n) is 8.80. The second-order valence-corrected chi connectivity index (χ2v) is 8.36. The van der Waals surface area contributed by atoms with Crippen LogP contribution in [-0.4, -0.2) is 12.1 Å². The summed E-state index contributed by atoms with van der Waals surface area (Å²) in [4.78, 5) is 11.1. The van der Waals surface area contributed by atoms with Crippen LogP contribution in [0.3, 0.4) is 0 Å². The fourth-order valence-electron chi connectivity index (χ4n) is 6.71. The Kier molecular flexibility index (Phi) is 3.12. The van der Waals surface area contributed by atoms with Crippen LogP contribution in [0.5, 0.6) is 0 Å². The number of carbonyl (C=O) groups excluding carboxylic acids is 1. The number of ether oxygens (including phenoxy) is 1. The second-order valence-electron chi connectivity index (χ2n) is 8.36. The van der Waals surface area contributed by atoms with Gasteiger partial charge in [0.05, 0.1) is 0 Å². The van der Waals surface area contributed by atoms with Crippen molar-refractivity contribution in [1.29, 1.82) is 0 Å². The average Bonchev–Trinajstić information content (AvgIpc) is 2.37. The second kappa shape index (κ2) is 4.74. The largest absolute Gasteiger partial charge is 0.463 e. The van der Waals surface area contributed by atoms with Crippen molar-refractivity contribution in [3.8, 4) is 0 Å². The molecule has 0 aliphatic heterocycles. The molecule has 5 aliphatic rings. The van der Waals surface area contributed by atoms with Crippen LogP contribution in [-0.2, 0) is 9.53 Å². The normalized spacial score (nSPS) is 50.1. The fourth-order valence-corrected chi connectivity index (χ4v) is 6.71. The van der Waals surface area contributed by atoms with Crippen molar-refractivity contribution < 1.29 is 9.53 Å². The quantitative estimate of drug-likeness (QED) is 0.702. The van der Waals surface area contributed by atoms with E-state index in [1.807, 2.05) is 0 Å². The first kappa shape index (κ1) is 13.2. The SMILES string of the molecule is CC(=O)OC1CCC(C23CC4CC(CC(C4)C2)C3)CC1. The first-order chi connectivity index (χ1) is 9.63. The zero-order chi connectivity index (χ0) is 13.7. The van der Waals surface area contributed by atoms with E-state index < -0.39 is 0 Å². The minimum absolute atomic E-state index is 0.0942. The van der Waals surface area contributed by atoms with Gasteiger partial charge in [0.15, 0.2) is 0 Å². The molecular weight excluding hydrogens is 248 g/mol. The van der Waals surface area contributed by atoms with E-state index in [1.165, 1.54) is 32.1 Å². The lowest BCUT2D eigenvalue weighted by Gasteiger charge is -2.60. The summed E-state index contributed by atoms with van der Waals surface area (Å²) in [6.45, 7) is 1.55. The van der Waals surface area contributed by atoms with Crippen LogP contribution in [0.1, 0.15) is 71.1 Å². The van der Waals surface area contributed by atoms with Gasteiger partial charge in [-0.05, 0) is 93.3 Å². The van der Waals surface area contributed by atoms with Crippen LogP contribution in [0.2, 0.25) is 0 Å². The van der Waals surface area contributed by atoms with Crippen molar-refractivity contribution >= 4 is 5.97 Å². The molecule has 2 nitrogen and oxygen atoms in total. The number of rotatable bonds is 2. The number of hydrogen-bond acceptors (Lipinski definition) is 2. The molecular formula is C18H28O2. The van der Waals surface area contributed by atoms with E-state index in [0.717, 1.165) is 36.5 Å². The highest BCUT2D eigenvalue weighted by Crippen LogP contribution is 2.64. The van der Waals surface area contributed by atoms with Crippen LogP contribution in [0.4, 0.5) is 0 Å². The van der Waals surface area contributed by atoms with E-state index in [0.29, 0.717) is 5.41 Å². The summed E-state index contributed by atoms with van der Waals surface area (Å²) in [5, 5.41) is 0. The summed E-state index contributed by atoms with van der Waals surface area (Å²) in [5.74, 6) is 4.03. The van der Waals surface area contributed by atoms with Crippen molar-refractivity contribution in [2.24, 2.45) is 29.1 Å². The van der Waals surface area contributed by atoms with Gasteiger partial charge in [-0.15, -0.1) is 0 Å². The van der Waals surface area contributed by atoms with Crippen molar-refractivity contribution in [2.45, 2.75) is 77.2 Å². The zero-order valence-electron chi connectivity index (χ0n) is 12.8. The minimum Gasteiger partial charge on any atom is -0.463 e. The molecule has 0 aromatic carbocycles. The van der Waals surface area contributed by atoms with Gasteiger partial charge in [-0.3, -0.25) is 4.79 Å². The molecule has 0 amide bonds. The number of esters is 1. The van der Waals surface area contributed by atoms with Crippen LogP contribution in [0, 0.1) is 29.1 Å². The Balaban J connectivity index is 1.43. The molecule has 0 radical (unpaired) electrons. The van der Waals surface area contributed by atoms with Gasteiger partial charge in [-0.1, -0.05) is 0 Å². The summed E-state index contributed by atoms with van der Waals surface area (Å²) >= 11 is 0. The van der Waals surface area contributed by atoms with Gasteiger partial charge in [-0.25, -0.2) is 0 Å². The maximum absolute atomic E-state index is 11.1. The maximum atomic E-state index is 11.1. The molecule has 0 heterocycles. The molecule has 0 unspecified atom stereocenters. The van der Waals surface area contributed by atoms with E-state index in [-0.39, 0.29) is 12.1 Å². The highest BCUT2D eigenvalue weighted by Gasteiger charge is 2.54. The van der Waals surface area contributed by atoms with Gasteiger partial charge in [0.1, 0.15) is 6.10 Å². The maximum Gasteiger partial charge on any atom is 0.302 e. The lowest BCUT2D eigenvalue weighted by atomic mass is 9.45. The van der Waals surface area contributed by atoms with E-state index in [9.17, 15) is 4.79 Å². The van der Waals surface area contributed by atoms with Gasteiger partial charge in [0.25, 0.3) is 0 Å². The summed E-state index contributed by atoms with van der Waals surface area (Å²) in [5.41, 5.74) is 0.704. The van der Waals surface area contributed by atoms with Gasteiger partial charge >= 0.3 is 5.97 Å². The molecule has 5 saturated carbocycles. The van der Waals surface area contributed by atoms with E-state index in [1.54, 1.807) is 26.2 Å². The standard InChI is InChI=1S/C18H28O2/c1-12(19)20-17-4-2-16(3-5-17)18-9-13-6-14(10-18)8-15(7-13)11-18/h13-17H,2-11H2,1H3. The van der Waals surface area contributed by atoms with Gasteiger partial charge < -0.3 is 4.74 Å². The van der Waals surface area contributed by atoms with Gasteiger partial charge in [-0.2, -0.15) is 0 Å². The third-order valence-electron chi connectivity index (χ3n) is 6.96. The molecule has 0 atom stereocenters. The van der Waals surface area contributed by atoms with Crippen molar-refractivity contribution in [3.05, 3.63) is 0 Å². The van der Waals surface area contributed by atoms with E-state index in [4.69, 9.17) is 4.74 Å². The fraction of sp³-hybridized carbons (Fsp3) is 0.944. The average molecular weight is 276 g/mol. The van der Waals surface area contributed by atoms with Gasteiger partial charge in [0.2, 0.25) is 0 Å². The Morgan fingerprint density at radius 2 is 1.40 bits per heavy atom. The summed E-state index contributed by atoms with van der Waals surface area (Å²) in [6.07, 6.45) is 14.3. The Bertz CT molecular complexity index is 357. The Hall–Kier alpha value is -0.530. The molecule has 5 rings (SSSR count). The monoisotopic (exact) mass is 276 g/mol. The molecule has 0 N–H and O–H groups in total. The third-order valence-corrected chi connectivity index (χ3v) is 6.96. The smallest absolute Gasteiger partial charge is 0.302 e. The van der Waals surface area contributed by atoms with Crippen molar-refractivity contribution in [2.75, 3.05) is 0 Å². The topological polar surface area (TPSA) is 26.3 Å². The molecule has 0 aromatic heterocycles. The molecule has 20 heavy (non-hydrogen) atoms. The molecule has 2 heteroatoms. The summed E-state index contributed by atoms with van der Waals surface area (Å²) in [7, 11) is 0. The van der Waals surface area contributed by atoms with Crippen LogP contribution < -0.4 is 0 Å². The molecule has 0 saturated heterocycles. The Morgan fingerprint density at radius 1 is 0.900 bits per heavy atom. The molecule has 0 spiro atoms. The van der Waals surface area contributed by atoms with Crippen LogP contribution in [0.25, 0.3) is 0 Å². The molecule has 0 aromatic rings. The minimum atomic E-state index is -0.0942. The highest BCUT2D eigenvalue weighted by atomic mass is 16.5. The molecule has 5 fully saturated rings. The number of carbonyl (C=O) groups is 1. The number of hydrogen-bond donors (Lipinski definition) is 0. The molecule has 4 bridgehead atoms. The van der Waals surface area contributed by atoms with E-state index >= 15 is 0 Å².